The van der Waals surface area contributed by atoms with E-state index in [1.54, 1.807) is 0 Å². The average Bonchev–Trinajstić information content (AvgIpc) is 2.15. The number of alkyl halides is 1. The molecular formula is C11H14BrNO. The number of carbonyl (C=O) groups is 1. The third kappa shape index (κ3) is 3.14. The van der Waals surface area contributed by atoms with Gasteiger partial charge in [-0.3, -0.25) is 4.79 Å². The summed E-state index contributed by atoms with van der Waals surface area (Å²) in [6, 6.07) is 7.58. The van der Waals surface area contributed by atoms with Crippen LogP contribution in [0.3, 0.4) is 0 Å². The summed E-state index contributed by atoms with van der Waals surface area (Å²) in [5.74, 6) is -0.00519. The highest BCUT2D eigenvalue weighted by atomic mass is 79.9. The third-order valence-electron chi connectivity index (χ3n) is 1.93. The van der Waals surface area contributed by atoms with Gasteiger partial charge in [0.25, 0.3) is 5.91 Å². The van der Waals surface area contributed by atoms with Gasteiger partial charge in [-0.1, -0.05) is 41.1 Å². The van der Waals surface area contributed by atoms with Crippen LogP contribution in [-0.2, 0) is 0 Å². The minimum absolute atomic E-state index is 0.00519. The van der Waals surface area contributed by atoms with Gasteiger partial charge in [-0.25, -0.2) is 0 Å². The van der Waals surface area contributed by atoms with Crippen LogP contribution in [0.25, 0.3) is 0 Å². The van der Waals surface area contributed by atoms with Gasteiger partial charge in [0.15, 0.2) is 0 Å². The first-order valence-electron chi connectivity index (χ1n) is 4.59. The summed E-state index contributed by atoms with van der Waals surface area (Å²) in [5, 5.41) is 2.85. The number of aryl methyl sites for hydroxylation is 1. The summed E-state index contributed by atoms with van der Waals surface area (Å²) in [6.45, 7) is 4.58. The lowest BCUT2D eigenvalue weighted by atomic mass is 10.1. The molecule has 0 spiro atoms. The van der Waals surface area contributed by atoms with E-state index in [4.69, 9.17) is 0 Å². The molecule has 1 amide bonds. The number of amides is 1. The molecule has 0 aliphatic rings. The number of hydrogen-bond donors (Lipinski definition) is 1. The molecule has 1 rings (SSSR count). The quantitative estimate of drug-likeness (QED) is 0.827. The van der Waals surface area contributed by atoms with E-state index in [9.17, 15) is 4.79 Å². The van der Waals surface area contributed by atoms with Gasteiger partial charge in [-0.05, 0) is 18.6 Å². The van der Waals surface area contributed by atoms with Crippen LogP contribution >= 0.6 is 15.9 Å². The van der Waals surface area contributed by atoms with Crippen molar-refractivity contribution in [2.45, 2.75) is 18.7 Å². The van der Waals surface area contributed by atoms with Crippen molar-refractivity contribution in [3.8, 4) is 0 Å². The van der Waals surface area contributed by atoms with Crippen molar-refractivity contribution in [2.75, 3.05) is 6.54 Å². The SMILES string of the molecule is Cc1ccccc1C(=O)NCC(C)Br. The fourth-order valence-corrected chi connectivity index (χ4v) is 1.32. The molecule has 1 aromatic carbocycles. The van der Waals surface area contributed by atoms with Gasteiger partial charge in [-0.2, -0.15) is 0 Å². The van der Waals surface area contributed by atoms with Crippen molar-refractivity contribution in [1.82, 2.24) is 5.32 Å². The van der Waals surface area contributed by atoms with Crippen LogP contribution in [0.2, 0.25) is 0 Å². The highest BCUT2D eigenvalue weighted by Crippen LogP contribution is 2.06. The molecule has 0 bridgehead atoms. The standard InChI is InChI=1S/C11H14BrNO/c1-8-5-3-4-6-10(8)11(14)13-7-9(2)12/h3-6,9H,7H2,1-2H3,(H,13,14). The topological polar surface area (TPSA) is 29.1 Å². The number of carbonyl (C=O) groups excluding carboxylic acids is 1. The number of rotatable bonds is 3. The lowest BCUT2D eigenvalue weighted by molar-refractivity contribution is 0.0953. The Balaban J connectivity index is 2.65. The molecule has 1 atom stereocenters. The van der Waals surface area contributed by atoms with Crippen LogP contribution < -0.4 is 5.32 Å². The number of benzene rings is 1. The maximum atomic E-state index is 11.6. The Kier molecular flexibility index (Phi) is 4.14. The van der Waals surface area contributed by atoms with Crippen LogP contribution in [-0.4, -0.2) is 17.3 Å². The van der Waals surface area contributed by atoms with Gasteiger partial charge in [0.2, 0.25) is 0 Å². The van der Waals surface area contributed by atoms with E-state index in [2.05, 4.69) is 21.2 Å². The summed E-state index contributed by atoms with van der Waals surface area (Å²) in [7, 11) is 0. The molecular weight excluding hydrogens is 242 g/mol. The minimum atomic E-state index is -0.00519. The Morgan fingerprint density at radius 3 is 2.71 bits per heavy atom. The zero-order valence-corrected chi connectivity index (χ0v) is 9.97. The molecule has 0 saturated heterocycles. The first-order chi connectivity index (χ1) is 6.61. The normalized spacial score (nSPS) is 12.2. The Labute approximate surface area is 92.8 Å². The second-order valence-corrected chi connectivity index (χ2v) is 4.87. The molecule has 0 aliphatic heterocycles. The molecule has 1 N–H and O–H groups in total. The molecule has 0 heterocycles. The van der Waals surface area contributed by atoms with Crippen molar-refractivity contribution < 1.29 is 4.79 Å². The van der Waals surface area contributed by atoms with Crippen molar-refractivity contribution in [2.24, 2.45) is 0 Å². The largest absolute Gasteiger partial charge is 0.351 e. The molecule has 1 unspecified atom stereocenters. The maximum Gasteiger partial charge on any atom is 0.251 e. The summed E-state index contributed by atoms with van der Waals surface area (Å²) < 4.78 is 0. The fraction of sp³-hybridized carbons (Fsp3) is 0.364. The molecule has 0 aliphatic carbocycles. The van der Waals surface area contributed by atoms with Crippen LogP contribution in [0.1, 0.15) is 22.8 Å². The van der Waals surface area contributed by atoms with Gasteiger partial charge < -0.3 is 5.32 Å². The number of hydrogen-bond acceptors (Lipinski definition) is 1. The van der Waals surface area contributed by atoms with E-state index in [1.165, 1.54) is 0 Å². The van der Waals surface area contributed by atoms with E-state index in [-0.39, 0.29) is 5.91 Å². The fourth-order valence-electron chi connectivity index (χ4n) is 1.16. The van der Waals surface area contributed by atoms with Crippen molar-refractivity contribution in [3.05, 3.63) is 35.4 Å². The predicted molar refractivity (Wildman–Crippen MR) is 61.9 cm³/mol. The Bertz CT molecular complexity index is 323. The van der Waals surface area contributed by atoms with Gasteiger partial charge in [0.1, 0.15) is 0 Å². The lowest BCUT2D eigenvalue weighted by Gasteiger charge is -2.08. The first kappa shape index (κ1) is 11.2. The van der Waals surface area contributed by atoms with Gasteiger partial charge >= 0.3 is 0 Å². The summed E-state index contributed by atoms with van der Waals surface area (Å²) >= 11 is 3.38. The molecule has 3 heteroatoms. The Hall–Kier alpha value is -0.830. The molecule has 1 aromatic rings. The van der Waals surface area contributed by atoms with E-state index >= 15 is 0 Å². The zero-order chi connectivity index (χ0) is 10.6. The van der Waals surface area contributed by atoms with E-state index in [0.717, 1.165) is 11.1 Å². The smallest absolute Gasteiger partial charge is 0.251 e. The number of halogens is 1. The van der Waals surface area contributed by atoms with Crippen molar-refractivity contribution in [1.29, 1.82) is 0 Å². The van der Waals surface area contributed by atoms with Gasteiger partial charge in [0, 0.05) is 16.9 Å². The molecule has 0 radical (unpaired) electrons. The highest BCUT2D eigenvalue weighted by molar-refractivity contribution is 9.09. The van der Waals surface area contributed by atoms with E-state index < -0.39 is 0 Å². The van der Waals surface area contributed by atoms with Crippen molar-refractivity contribution in [3.63, 3.8) is 0 Å². The second kappa shape index (κ2) is 5.15. The zero-order valence-electron chi connectivity index (χ0n) is 8.38. The Morgan fingerprint density at radius 2 is 2.14 bits per heavy atom. The molecule has 76 valence electrons. The molecule has 14 heavy (non-hydrogen) atoms. The van der Waals surface area contributed by atoms with Gasteiger partial charge in [-0.15, -0.1) is 0 Å². The maximum absolute atomic E-state index is 11.6. The van der Waals surface area contributed by atoms with Crippen LogP contribution in [0.15, 0.2) is 24.3 Å². The highest BCUT2D eigenvalue weighted by Gasteiger charge is 2.07. The van der Waals surface area contributed by atoms with Gasteiger partial charge in [0.05, 0.1) is 0 Å². The van der Waals surface area contributed by atoms with Crippen LogP contribution in [0.4, 0.5) is 0 Å². The van der Waals surface area contributed by atoms with Crippen molar-refractivity contribution >= 4 is 21.8 Å². The first-order valence-corrected chi connectivity index (χ1v) is 5.50. The summed E-state index contributed by atoms with van der Waals surface area (Å²) in [4.78, 5) is 11.9. The molecule has 0 aromatic heterocycles. The second-order valence-electron chi connectivity index (χ2n) is 3.31. The molecule has 2 nitrogen and oxygen atoms in total. The van der Waals surface area contributed by atoms with Crippen LogP contribution in [0, 0.1) is 6.92 Å². The summed E-state index contributed by atoms with van der Waals surface area (Å²) in [5.41, 5.74) is 1.76. The molecule has 0 saturated carbocycles. The minimum Gasteiger partial charge on any atom is -0.351 e. The van der Waals surface area contributed by atoms with Crippen LogP contribution in [0.5, 0.6) is 0 Å². The third-order valence-corrected chi connectivity index (χ3v) is 2.26. The van der Waals surface area contributed by atoms with E-state index in [0.29, 0.717) is 11.4 Å². The lowest BCUT2D eigenvalue weighted by Crippen LogP contribution is -2.28. The van der Waals surface area contributed by atoms with E-state index in [1.807, 2.05) is 38.1 Å². The summed E-state index contributed by atoms with van der Waals surface area (Å²) in [6.07, 6.45) is 0. The predicted octanol–water partition coefficient (Wildman–Crippen LogP) is 2.51. The number of nitrogens with one attached hydrogen (secondary N) is 1. The molecule has 0 fully saturated rings. The monoisotopic (exact) mass is 255 g/mol. The Morgan fingerprint density at radius 1 is 1.50 bits per heavy atom. The average molecular weight is 256 g/mol.